The molecule has 2 aromatic rings. The molecule has 2 aliphatic heterocycles. The van der Waals surface area contributed by atoms with Crippen LogP contribution >= 0.6 is 12.2 Å². The number of thiocarbonyl (C=S) groups is 1. The molecule has 5 nitrogen and oxygen atoms in total. The number of nitrogens with two attached hydrogens (primary N) is 1. The number of hydrogen-bond donors (Lipinski definition) is 1. The number of ether oxygens (including phenoxy) is 2. The normalized spacial score (nSPS) is 15.6. The summed E-state index contributed by atoms with van der Waals surface area (Å²) in [5.74, 6) is 0.157. The van der Waals surface area contributed by atoms with E-state index in [9.17, 15) is 4.79 Å². The summed E-state index contributed by atoms with van der Waals surface area (Å²) in [4.78, 5) is 14.9. The van der Waals surface area contributed by atoms with E-state index in [1.54, 1.807) is 24.3 Å². The van der Waals surface area contributed by atoms with Gasteiger partial charge in [0.1, 0.15) is 17.0 Å². The second-order valence-electron chi connectivity index (χ2n) is 6.21. The Hall–Kier alpha value is -3.38. The summed E-state index contributed by atoms with van der Waals surface area (Å²) < 4.78 is 11.0. The zero-order valence-corrected chi connectivity index (χ0v) is 16.0. The number of carbonyl (C=O) groups excluding carboxylic acids is 1. The third-order valence-electron chi connectivity index (χ3n) is 4.53. The number of anilines is 1. The van der Waals surface area contributed by atoms with Crippen LogP contribution in [0.4, 0.5) is 5.69 Å². The Kier molecular flexibility index (Phi) is 4.71. The van der Waals surface area contributed by atoms with E-state index in [4.69, 9.17) is 27.4 Å². The van der Waals surface area contributed by atoms with Crippen molar-refractivity contribution in [3.63, 3.8) is 0 Å². The van der Waals surface area contributed by atoms with E-state index >= 15 is 0 Å². The maximum absolute atomic E-state index is 12.7. The maximum Gasteiger partial charge on any atom is 0.341 e. The molecule has 0 saturated carbocycles. The molecule has 0 fully saturated rings. The Labute approximate surface area is 168 Å². The van der Waals surface area contributed by atoms with Crippen LogP contribution in [0.1, 0.15) is 12.5 Å². The Bertz CT molecular complexity index is 1050. The van der Waals surface area contributed by atoms with E-state index < -0.39 is 5.97 Å². The number of hydrogen-bond acceptors (Lipinski definition) is 5. The van der Waals surface area contributed by atoms with Gasteiger partial charge in [0, 0.05) is 23.0 Å². The smallest absolute Gasteiger partial charge is 0.341 e. The molecule has 0 amide bonds. The number of para-hydroxylation sites is 2. The second kappa shape index (κ2) is 7.32. The molecule has 2 aromatic carbocycles. The molecule has 28 heavy (non-hydrogen) atoms. The first-order valence-corrected chi connectivity index (χ1v) is 9.27. The Morgan fingerprint density at radius 1 is 1.14 bits per heavy atom. The molecule has 4 rings (SSSR count). The summed E-state index contributed by atoms with van der Waals surface area (Å²) in [7, 11) is 0. The molecule has 2 heterocycles. The predicted octanol–water partition coefficient (Wildman–Crippen LogP) is 3.93. The minimum atomic E-state index is -0.499. The van der Waals surface area contributed by atoms with Gasteiger partial charge in [-0.2, -0.15) is 0 Å². The lowest BCUT2D eigenvalue weighted by atomic mass is 9.92. The first kappa shape index (κ1) is 18.0. The van der Waals surface area contributed by atoms with Crippen LogP contribution in [0.3, 0.4) is 0 Å². The topological polar surface area (TPSA) is 64.8 Å². The highest BCUT2D eigenvalue weighted by Gasteiger charge is 2.33. The molecule has 0 saturated heterocycles. The van der Waals surface area contributed by atoms with Gasteiger partial charge in [0.2, 0.25) is 0 Å². The third-order valence-corrected chi connectivity index (χ3v) is 4.94. The van der Waals surface area contributed by atoms with Crippen LogP contribution in [0.25, 0.3) is 5.57 Å². The summed E-state index contributed by atoms with van der Waals surface area (Å²) in [5.41, 5.74) is 9.98. The van der Waals surface area contributed by atoms with Gasteiger partial charge in [0.15, 0.2) is 0 Å². The van der Waals surface area contributed by atoms with Crippen molar-refractivity contribution in [1.29, 1.82) is 0 Å². The van der Waals surface area contributed by atoms with Gasteiger partial charge >= 0.3 is 5.97 Å². The van der Waals surface area contributed by atoms with Crippen molar-refractivity contribution in [2.45, 2.75) is 6.92 Å². The average molecular weight is 390 g/mol. The molecule has 0 spiro atoms. The van der Waals surface area contributed by atoms with Gasteiger partial charge in [0.05, 0.1) is 23.5 Å². The minimum absolute atomic E-state index is 0.247. The SMILES string of the molecule is CCOC(=O)C1=CN(c2ccccc2)C(=S)C2=COc3ccccc3C2=C1N. The molecule has 6 heteroatoms. The number of fused-ring (bicyclic) bond motifs is 3. The molecule has 0 aromatic heterocycles. The average Bonchev–Trinajstić information content (AvgIpc) is 2.84. The number of esters is 1. The molecule has 2 aliphatic rings. The van der Waals surface area contributed by atoms with Crippen LogP contribution in [0, 0.1) is 0 Å². The standard InChI is InChI=1S/C22H18N2O3S/c1-2-26-22(25)16-12-24(14-8-4-3-5-9-14)21(28)17-13-27-18-11-7-6-10-15(18)19(17)20(16)23/h3-13H,2,23H2,1H3. The highest BCUT2D eigenvalue weighted by molar-refractivity contribution is 7.81. The van der Waals surface area contributed by atoms with E-state index in [1.165, 1.54) is 0 Å². The van der Waals surface area contributed by atoms with Crippen molar-refractivity contribution >= 4 is 34.4 Å². The van der Waals surface area contributed by atoms with Gasteiger partial charge in [-0.1, -0.05) is 48.6 Å². The van der Waals surface area contributed by atoms with Gasteiger partial charge in [-0.15, -0.1) is 0 Å². The van der Waals surface area contributed by atoms with Crippen molar-refractivity contribution in [3.8, 4) is 5.75 Å². The van der Waals surface area contributed by atoms with Crippen molar-refractivity contribution in [1.82, 2.24) is 0 Å². The van der Waals surface area contributed by atoms with E-state index in [1.807, 2.05) is 54.6 Å². The minimum Gasteiger partial charge on any atom is -0.464 e. The lowest BCUT2D eigenvalue weighted by Crippen LogP contribution is -2.26. The highest BCUT2D eigenvalue weighted by Crippen LogP contribution is 2.41. The van der Waals surface area contributed by atoms with Crippen molar-refractivity contribution in [2.75, 3.05) is 11.5 Å². The number of carbonyl (C=O) groups is 1. The summed E-state index contributed by atoms with van der Waals surface area (Å²) in [5, 5.41) is 0. The van der Waals surface area contributed by atoms with Crippen LogP contribution in [-0.4, -0.2) is 17.6 Å². The highest BCUT2D eigenvalue weighted by atomic mass is 32.1. The second-order valence-corrected chi connectivity index (χ2v) is 6.59. The monoisotopic (exact) mass is 390 g/mol. The third kappa shape index (κ3) is 2.97. The number of benzene rings is 2. The molecular formula is C22H18N2O3S. The number of rotatable bonds is 3. The fourth-order valence-electron chi connectivity index (χ4n) is 3.22. The Morgan fingerprint density at radius 3 is 2.61 bits per heavy atom. The van der Waals surface area contributed by atoms with E-state index in [2.05, 4.69) is 0 Å². The van der Waals surface area contributed by atoms with Crippen molar-refractivity contribution in [2.24, 2.45) is 5.73 Å². The van der Waals surface area contributed by atoms with Crippen LogP contribution in [0.2, 0.25) is 0 Å². The molecule has 140 valence electrons. The Morgan fingerprint density at radius 2 is 1.86 bits per heavy atom. The van der Waals surface area contributed by atoms with E-state index in [-0.39, 0.29) is 12.2 Å². The van der Waals surface area contributed by atoms with Gasteiger partial charge in [-0.05, 0) is 25.1 Å². The first-order valence-electron chi connectivity index (χ1n) is 8.86. The lowest BCUT2D eigenvalue weighted by Gasteiger charge is -2.25. The van der Waals surface area contributed by atoms with Crippen molar-refractivity contribution in [3.05, 3.63) is 89.5 Å². The van der Waals surface area contributed by atoms with E-state index in [0.717, 1.165) is 11.3 Å². The van der Waals surface area contributed by atoms with Crippen molar-refractivity contribution < 1.29 is 14.3 Å². The quantitative estimate of drug-likeness (QED) is 0.633. The summed E-state index contributed by atoms with van der Waals surface area (Å²) in [6, 6.07) is 17.0. The van der Waals surface area contributed by atoms with Crippen LogP contribution < -0.4 is 15.4 Å². The van der Waals surface area contributed by atoms with Gasteiger partial charge in [-0.3, -0.25) is 0 Å². The molecule has 0 aliphatic carbocycles. The Balaban J connectivity index is 1.95. The maximum atomic E-state index is 12.7. The molecular weight excluding hydrogens is 372 g/mol. The van der Waals surface area contributed by atoms with Gasteiger partial charge in [-0.25, -0.2) is 4.79 Å². The molecule has 0 radical (unpaired) electrons. The summed E-state index contributed by atoms with van der Waals surface area (Å²) in [6.45, 7) is 2.00. The van der Waals surface area contributed by atoms with Crippen LogP contribution in [0.15, 0.2) is 83.9 Å². The van der Waals surface area contributed by atoms with Crippen LogP contribution in [0.5, 0.6) is 5.75 Å². The summed E-state index contributed by atoms with van der Waals surface area (Å²) in [6.07, 6.45) is 3.23. The fraction of sp³-hybridized carbons (Fsp3) is 0.0909. The molecule has 0 unspecified atom stereocenters. The number of nitrogens with zero attached hydrogens (tertiary/aromatic N) is 1. The van der Waals surface area contributed by atoms with Gasteiger partial charge < -0.3 is 20.1 Å². The zero-order chi connectivity index (χ0) is 19.7. The molecule has 2 N–H and O–H groups in total. The van der Waals surface area contributed by atoms with Gasteiger partial charge in [0.25, 0.3) is 0 Å². The van der Waals surface area contributed by atoms with Crippen LogP contribution in [-0.2, 0) is 9.53 Å². The first-order chi connectivity index (χ1) is 13.6. The fourth-order valence-corrected chi connectivity index (χ4v) is 3.53. The van der Waals surface area contributed by atoms with E-state index in [0.29, 0.717) is 27.6 Å². The molecule has 0 bridgehead atoms. The zero-order valence-electron chi connectivity index (χ0n) is 15.2. The molecule has 0 atom stereocenters. The predicted molar refractivity (Wildman–Crippen MR) is 112 cm³/mol. The largest absolute Gasteiger partial charge is 0.464 e. The lowest BCUT2D eigenvalue weighted by molar-refractivity contribution is -0.138. The summed E-state index contributed by atoms with van der Waals surface area (Å²) >= 11 is 5.77.